The van der Waals surface area contributed by atoms with Crippen LogP contribution in [0, 0.1) is 0 Å². The average molecular weight is 502 g/mol. The van der Waals surface area contributed by atoms with E-state index in [4.69, 9.17) is 9.47 Å². The summed E-state index contributed by atoms with van der Waals surface area (Å²) in [5.41, 5.74) is 0.495. The van der Waals surface area contributed by atoms with Gasteiger partial charge in [0.25, 0.3) is 0 Å². The Kier molecular flexibility index (Phi) is 6.86. The van der Waals surface area contributed by atoms with Gasteiger partial charge in [0.05, 0.1) is 31.2 Å². The number of rotatable bonds is 4. The molecule has 0 radical (unpaired) electrons. The van der Waals surface area contributed by atoms with Crippen LogP contribution in [0.5, 0.6) is 11.9 Å². The van der Waals surface area contributed by atoms with E-state index in [2.05, 4.69) is 20.3 Å². The number of benzene rings is 1. The Balaban J connectivity index is 1.75. The predicted octanol–water partition coefficient (Wildman–Crippen LogP) is 4.84. The second kappa shape index (κ2) is 9.88. The molecule has 0 saturated heterocycles. The largest absolute Gasteiger partial charge is 0.481 e. The summed E-state index contributed by atoms with van der Waals surface area (Å²) >= 11 is 0. The molecule has 1 aromatic carbocycles. The highest BCUT2D eigenvalue weighted by atomic mass is 19.4. The first-order valence-electron chi connectivity index (χ1n) is 11.1. The van der Waals surface area contributed by atoms with E-state index < -0.39 is 17.8 Å². The molecule has 0 spiro atoms. The third-order valence-electron chi connectivity index (χ3n) is 5.83. The maximum absolute atomic E-state index is 13.5. The molecule has 2 amide bonds. The summed E-state index contributed by atoms with van der Waals surface area (Å²) in [4.78, 5) is 29.8. The van der Waals surface area contributed by atoms with Crippen molar-refractivity contribution < 1.29 is 27.4 Å². The van der Waals surface area contributed by atoms with Gasteiger partial charge in [0.15, 0.2) is 5.82 Å². The molecule has 190 valence electrons. The number of nitrogens with zero attached hydrogens (tertiary/aromatic N) is 5. The summed E-state index contributed by atoms with van der Waals surface area (Å²) in [5, 5.41) is 2.73. The number of ether oxygens (including phenoxy) is 2. The molecule has 2 aromatic heterocycles. The Morgan fingerprint density at radius 3 is 2.56 bits per heavy atom. The van der Waals surface area contributed by atoms with Crippen molar-refractivity contribution in [2.24, 2.45) is 0 Å². The molecule has 3 heterocycles. The van der Waals surface area contributed by atoms with E-state index in [-0.39, 0.29) is 29.3 Å². The lowest BCUT2D eigenvalue weighted by Crippen LogP contribution is -2.42. The van der Waals surface area contributed by atoms with E-state index >= 15 is 0 Å². The zero-order valence-corrected chi connectivity index (χ0v) is 20.1. The van der Waals surface area contributed by atoms with Crippen molar-refractivity contribution in [3.8, 4) is 23.1 Å². The van der Waals surface area contributed by atoms with Crippen molar-refractivity contribution in [3.05, 3.63) is 48.0 Å². The van der Waals surface area contributed by atoms with Gasteiger partial charge in [-0.05, 0) is 37.6 Å². The molecule has 3 aromatic rings. The Hall–Kier alpha value is -4.09. The molecule has 0 bridgehead atoms. The van der Waals surface area contributed by atoms with E-state index in [0.717, 1.165) is 12.1 Å². The van der Waals surface area contributed by atoms with Crippen LogP contribution in [0.1, 0.15) is 18.9 Å². The zero-order chi connectivity index (χ0) is 26.0. The van der Waals surface area contributed by atoms with E-state index in [1.807, 2.05) is 18.9 Å². The number of methoxy groups -OCH3 is 2. The molecule has 9 nitrogen and oxygen atoms in total. The second-order valence-electron chi connectivity index (χ2n) is 8.26. The molecule has 1 aliphatic heterocycles. The van der Waals surface area contributed by atoms with Crippen LogP contribution in [-0.2, 0) is 6.18 Å². The number of pyridine rings is 1. The Labute approximate surface area is 205 Å². The lowest BCUT2D eigenvalue weighted by atomic mass is 10.1. The SMILES string of the molecule is COc1cc(NC(=O)N2c3nc(-c4cccc(C(F)(F)F)c4)ccc3N(C)CC[C@H]2C)nc(OC)n1. The maximum Gasteiger partial charge on any atom is 0.416 e. The number of carbonyl (C=O) groups excluding carboxylic acids is 1. The predicted molar refractivity (Wildman–Crippen MR) is 129 cm³/mol. The lowest BCUT2D eigenvalue weighted by Gasteiger charge is -2.28. The Morgan fingerprint density at radius 2 is 1.86 bits per heavy atom. The monoisotopic (exact) mass is 502 g/mol. The second-order valence-corrected chi connectivity index (χ2v) is 8.26. The van der Waals surface area contributed by atoms with Crippen LogP contribution >= 0.6 is 0 Å². The standard InChI is InChI=1S/C24H25F3N6O3/c1-14-10-11-32(2)18-9-8-17(15-6-5-7-16(12-15)24(25,26)27)28-21(18)33(14)23(34)30-19-13-20(35-3)31-22(29-19)36-4/h5-9,12-14H,10-11H2,1-4H3,(H,29,30,31,34)/t14-/m1/s1. The van der Waals surface area contributed by atoms with Crippen molar-refractivity contribution in [1.82, 2.24) is 15.0 Å². The van der Waals surface area contributed by atoms with Crippen molar-refractivity contribution in [1.29, 1.82) is 0 Å². The van der Waals surface area contributed by atoms with Gasteiger partial charge < -0.3 is 14.4 Å². The number of carbonyl (C=O) groups is 1. The van der Waals surface area contributed by atoms with Gasteiger partial charge in [0, 0.05) is 31.3 Å². The molecule has 0 fully saturated rings. The van der Waals surface area contributed by atoms with Crippen LogP contribution < -0.4 is 24.6 Å². The average Bonchev–Trinajstić information content (AvgIpc) is 2.98. The van der Waals surface area contributed by atoms with Gasteiger partial charge in [0.2, 0.25) is 5.88 Å². The van der Waals surface area contributed by atoms with Gasteiger partial charge in [-0.25, -0.2) is 9.78 Å². The van der Waals surface area contributed by atoms with Crippen molar-refractivity contribution >= 4 is 23.4 Å². The molecule has 1 N–H and O–H groups in total. The number of hydrogen-bond donors (Lipinski definition) is 1. The highest BCUT2D eigenvalue weighted by molar-refractivity contribution is 6.03. The summed E-state index contributed by atoms with van der Waals surface area (Å²) < 4.78 is 50.0. The van der Waals surface area contributed by atoms with E-state index in [0.29, 0.717) is 30.2 Å². The Bertz CT molecular complexity index is 1250. The molecule has 1 aliphatic rings. The number of urea groups is 1. The van der Waals surface area contributed by atoms with Gasteiger partial charge >= 0.3 is 18.2 Å². The quantitative estimate of drug-likeness (QED) is 0.546. The summed E-state index contributed by atoms with van der Waals surface area (Å²) in [5.74, 6) is 0.679. The third kappa shape index (κ3) is 5.11. The number of alkyl halides is 3. The molecule has 12 heteroatoms. The van der Waals surface area contributed by atoms with Crippen LogP contribution in [0.15, 0.2) is 42.5 Å². The van der Waals surface area contributed by atoms with E-state index in [1.165, 1.54) is 31.3 Å². The first kappa shape index (κ1) is 25.0. The van der Waals surface area contributed by atoms with Crippen molar-refractivity contribution in [2.45, 2.75) is 25.6 Å². The highest BCUT2D eigenvalue weighted by Crippen LogP contribution is 2.37. The van der Waals surface area contributed by atoms with Crippen molar-refractivity contribution in [2.75, 3.05) is 42.9 Å². The summed E-state index contributed by atoms with van der Waals surface area (Å²) in [7, 11) is 4.69. The third-order valence-corrected chi connectivity index (χ3v) is 5.83. The number of halogens is 3. The fourth-order valence-corrected chi connectivity index (χ4v) is 3.90. The maximum atomic E-state index is 13.5. The Morgan fingerprint density at radius 1 is 1.08 bits per heavy atom. The van der Waals surface area contributed by atoms with Gasteiger partial charge in [-0.3, -0.25) is 10.2 Å². The molecule has 4 rings (SSSR count). The topological polar surface area (TPSA) is 92.7 Å². The molecular formula is C24H25F3N6O3. The number of hydrogen-bond acceptors (Lipinski definition) is 7. The van der Waals surface area contributed by atoms with Crippen LogP contribution in [0.4, 0.5) is 35.3 Å². The molecule has 0 unspecified atom stereocenters. The highest BCUT2D eigenvalue weighted by Gasteiger charge is 2.32. The number of aromatic nitrogens is 3. The first-order valence-corrected chi connectivity index (χ1v) is 11.1. The van der Waals surface area contributed by atoms with E-state index in [1.54, 1.807) is 18.2 Å². The molecule has 0 saturated carbocycles. The van der Waals surface area contributed by atoms with E-state index in [9.17, 15) is 18.0 Å². The zero-order valence-electron chi connectivity index (χ0n) is 20.1. The number of amides is 2. The van der Waals surface area contributed by atoms with Crippen LogP contribution in [0.3, 0.4) is 0 Å². The number of fused-ring (bicyclic) bond motifs is 1. The van der Waals surface area contributed by atoms with Crippen molar-refractivity contribution in [3.63, 3.8) is 0 Å². The van der Waals surface area contributed by atoms with Crippen LogP contribution in [0.25, 0.3) is 11.3 Å². The van der Waals surface area contributed by atoms with Crippen LogP contribution in [0.2, 0.25) is 0 Å². The molecule has 1 atom stereocenters. The number of nitrogens with one attached hydrogen (secondary N) is 1. The fraction of sp³-hybridized carbons (Fsp3) is 0.333. The minimum absolute atomic E-state index is 0.0126. The van der Waals surface area contributed by atoms with Gasteiger partial charge in [0.1, 0.15) is 5.82 Å². The summed E-state index contributed by atoms with van der Waals surface area (Å²) in [6, 6.07) is 9.01. The summed E-state index contributed by atoms with van der Waals surface area (Å²) in [6.45, 7) is 2.53. The number of anilines is 3. The summed E-state index contributed by atoms with van der Waals surface area (Å²) in [6.07, 6.45) is -3.85. The van der Waals surface area contributed by atoms with Crippen LogP contribution in [-0.4, -0.2) is 54.8 Å². The normalized spacial score (nSPS) is 15.7. The smallest absolute Gasteiger partial charge is 0.416 e. The molecule has 36 heavy (non-hydrogen) atoms. The molecule has 0 aliphatic carbocycles. The van der Waals surface area contributed by atoms with Gasteiger partial charge in [-0.15, -0.1) is 0 Å². The minimum Gasteiger partial charge on any atom is -0.481 e. The first-order chi connectivity index (χ1) is 17.1. The lowest BCUT2D eigenvalue weighted by molar-refractivity contribution is -0.137. The van der Waals surface area contributed by atoms with Gasteiger partial charge in [-0.1, -0.05) is 12.1 Å². The fourth-order valence-electron chi connectivity index (χ4n) is 3.90. The molecular weight excluding hydrogens is 477 g/mol. The van der Waals surface area contributed by atoms with Gasteiger partial charge in [-0.2, -0.15) is 23.1 Å². The minimum atomic E-state index is -4.48.